The van der Waals surface area contributed by atoms with Crippen LogP contribution >= 0.6 is 46.3 Å². The second-order valence-electron chi connectivity index (χ2n) is 5.21. The van der Waals surface area contributed by atoms with Gasteiger partial charge in [0.05, 0.1) is 27.7 Å². The normalized spacial score (nSPS) is 11.0. The summed E-state index contributed by atoms with van der Waals surface area (Å²) in [5.41, 5.74) is 1.37. The molecule has 3 aromatic rings. The molecule has 3 rings (SSSR count). The fourth-order valence-electron chi connectivity index (χ4n) is 2.13. The van der Waals surface area contributed by atoms with E-state index in [1.807, 2.05) is 6.07 Å². The van der Waals surface area contributed by atoms with E-state index in [-0.39, 0.29) is 17.4 Å². The number of imidazole rings is 1. The number of carbonyl (C=O) groups excluding carboxylic acids is 2. The van der Waals surface area contributed by atoms with E-state index in [4.69, 9.17) is 23.2 Å². The number of thiophene rings is 1. The topological polar surface area (TPSA) is 74.8 Å². The third kappa shape index (κ3) is 4.55. The number of hydrogen-bond donors (Lipinski definition) is 2. The highest BCUT2D eigenvalue weighted by Crippen LogP contribution is 2.29. The van der Waals surface area contributed by atoms with Gasteiger partial charge in [-0.15, -0.1) is 11.3 Å². The lowest BCUT2D eigenvalue weighted by Gasteiger charge is -1.98. The zero-order valence-corrected chi connectivity index (χ0v) is 16.2. The molecule has 5 nitrogen and oxygen atoms in total. The summed E-state index contributed by atoms with van der Waals surface area (Å²) in [7, 11) is 0. The summed E-state index contributed by atoms with van der Waals surface area (Å²) in [5.74, 6) is 0.166. The molecule has 0 saturated carbocycles. The van der Waals surface area contributed by atoms with E-state index in [1.54, 1.807) is 18.2 Å². The number of H-pyrrole nitrogens is 1. The van der Waals surface area contributed by atoms with Crippen LogP contribution in [-0.2, 0) is 11.3 Å². The molecule has 0 bridgehead atoms. The Hall–Kier alpha value is -1.54. The third-order valence-electron chi connectivity index (χ3n) is 3.27. The first-order valence-corrected chi connectivity index (χ1v) is 9.82. The lowest BCUT2D eigenvalue weighted by atomic mass is 10.3. The molecule has 1 aromatic carbocycles. The number of thioether (sulfide) groups is 1. The van der Waals surface area contributed by atoms with Crippen molar-refractivity contribution in [2.75, 3.05) is 5.75 Å². The molecular formula is C16H13Cl2N3O2S2. The van der Waals surface area contributed by atoms with Crippen LogP contribution in [0.2, 0.25) is 10.0 Å². The molecule has 1 amide bonds. The summed E-state index contributed by atoms with van der Waals surface area (Å²) in [6, 6.07) is 7.00. The average molecular weight is 414 g/mol. The number of halogens is 2. The van der Waals surface area contributed by atoms with Crippen molar-refractivity contribution in [1.82, 2.24) is 15.3 Å². The first-order valence-electron chi connectivity index (χ1n) is 7.26. The molecule has 25 heavy (non-hydrogen) atoms. The second-order valence-corrected chi connectivity index (χ2v) is 8.19. The Morgan fingerprint density at radius 1 is 1.32 bits per heavy atom. The molecule has 0 aliphatic rings. The summed E-state index contributed by atoms with van der Waals surface area (Å²) in [6.07, 6.45) is 0. The smallest absolute Gasteiger partial charge is 0.217 e. The Bertz CT molecular complexity index is 952. The van der Waals surface area contributed by atoms with E-state index in [2.05, 4.69) is 15.3 Å². The van der Waals surface area contributed by atoms with Crippen LogP contribution in [0.25, 0.3) is 11.0 Å². The molecule has 9 heteroatoms. The number of hydrogen-bond acceptors (Lipinski definition) is 5. The summed E-state index contributed by atoms with van der Waals surface area (Å²) >= 11 is 14.8. The van der Waals surface area contributed by atoms with Gasteiger partial charge in [-0.1, -0.05) is 35.0 Å². The summed E-state index contributed by atoms with van der Waals surface area (Å²) in [5, 5.41) is 4.32. The number of amides is 1. The average Bonchev–Trinajstić information content (AvgIpc) is 3.17. The molecule has 0 fully saturated rings. The molecule has 0 atom stereocenters. The van der Waals surface area contributed by atoms with Crippen molar-refractivity contribution in [3.8, 4) is 0 Å². The Kier molecular flexibility index (Phi) is 5.68. The zero-order valence-electron chi connectivity index (χ0n) is 13.1. The molecule has 0 aliphatic carbocycles. The number of aromatic nitrogens is 2. The minimum Gasteiger partial charge on any atom is -0.351 e. The van der Waals surface area contributed by atoms with Gasteiger partial charge in [0.25, 0.3) is 0 Å². The number of Topliss-reactive ketones (excluding diaryl/α,β-unsaturated/α-hetero) is 1. The Morgan fingerprint density at radius 2 is 2.12 bits per heavy atom. The van der Waals surface area contributed by atoms with Crippen LogP contribution in [0.1, 0.15) is 21.5 Å². The number of nitrogens with zero attached hydrogens (tertiary/aromatic N) is 1. The van der Waals surface area contributed by atoms with Gasteiger partial charge in [0.1, 0.15) is 5.52 Å². The van der Waals surface area contributed by atoms with Crippen molar-refractivity contribution in [1.29, 1.82) is 0 Å². The van der Waals surface area contributed by atoms with Crippen LogP contribution < -0.4 is 5.32 Å². The molecule has 2 N–H and O–H groups in total. The molecule has 2 heterocycles. The highest BCUT2D eigenvalue weighted by molar-refractivity contribution is 7.99. The number of aromatic amines is 1. The fourth-order valence-corrected chi connectivity index (χ4v) is 4.40. The van der Waals surface area contributed by atoms with E-state index in [0.717, 1.165) is 10.4 Å². The lowest BCUT2D eigenvalue weighted by molar-refractivity contribution is -0.119. The molecule has 0 aliphatic heterocycles. The van der Waals surface area contributed by atoms with Gasteiger partial charge in [0.15, 0.2) is 10.9 Å². The summed E-state index contributed by atoms with van der Waals surface area (Å²) in [6.45, 7) is 1.90. The first-order chi connectivity index (χ1) is 11.9. The summed E-state index contributed by atoms with van der Waals surface area (Å²) in [4.78, 5) is 32.3. The molecular weight excluding hydrogens is 401 g/mol. The van der Waals surface area contributed by atoms with Crippen LogP contribution in [0.4, 0.5) is 0 Å². The zero-order chi connectivity index (χ0) is 18.0. The highest BCUT2D eigenvalue weighted by atomic mass is 35.5. The van der Waals surface area contributed by atoms with E-state index in [1.165, 1.54) is 30.0 Å². The van der Waals surface area contributed by atoms with Gasteiger partial charge < -0.3 is 10.3 Å². The summed E-state index contributed by atoms with van der Waals surface area (Å²) < 4.78 is 0. The Labute approximate surface area is 162 Å². The van der Waals surface area contributed by atoms with E-state index >= 15 is 0 Å². The van der Waals surface area contributed by atoms with Crippen molar-refractivity contribution in [3.05, 3.63) is 44.1 Å². The Balaban J connectivity index is 1.64. The number of ketones is 1. The van der Waals surface area contributed by atoms with Gasteiger partial charge >= 0.3 is 0 Å². The fraction of sp³-hybridized carbons (Fsp3) is 0.188. The highest BCUT2D eigenvalue weighted by Gasteiger charge is 2.13. The van der Waals surface area contributed by atoms with Crippen molar-refractivity contribution >= 4 is 69.0 Å². The largest absolute Gasteiger partial charge is 0.351 e. The number of benzene rings is 1. The number of carbonyl (C=O) groups is 2. The molecule has 0 unspecified atom stereocenters. The quantitative estimate of drug-likeness (QED) is 0.459. The maximum Gasteiger partial charge on any atom is 0.217 e. The van der Waals surface area contributed by atoms with Crippen LogP contribution in [0, 0.1) is 0 Å². The Morgan fingerprint density at radius 3 is 2.88 bits per heavy atom. The lowest BCUT2D eigenvalue weighted by Crippen LogP contribution is -2.18. The monoisotopic (exact) mass is 413 g/mol. The van der Waals surface area contributed by atoms with Gasteiger partial charge in [-0.05, 0) is 24.3 Å². The van der Waals surface area contributed by atoms with Gasteiger partial charge in [-0.25, -0.2) is 4.98 Å². The van der Waals surface area contributed by atoms with Crippen LogP contribution in [0.5, 0.6) is 0 Å². The predicted molar refractivity (Wildman–Crippen MR) is 103 cm³/mol. The van der Waals surface area contributed by atoms with Gasteiger partial charge in [-0.2, -0.15) is 0 Å². The first kappa shape index (κ1) is 18.3. The van der Waals surface area contributed by atoms with Crippen molar-refractivity contribution in [2.45, 2.75) is 18.6 Å². The van der Waals surface area contributed by atoms with Crippen LogP contribution in [-0.4, -0.2) is 27.4 Å². The standard InChI is InChI=1S/C16H13Cl2N3O2S2/c1-8(22)19-6-10-2-3-14(25-10)13(23)7-24-16-20-12-5-9(17)4-11(18)15(12)21-16/h2-5H,6-7H2,1H3,(H,19,22)(H,20,21). The van der Waals surface area contributed by atoms with Crippen molar-refractivity contribution in [3.63, 3.8) is 0 Å². The maximum absolute atomic E-state index is 12.3. The van der Waals surface area contributed by atoms with Crippen LogP contribution in [0.15, 0.2) is 29.4 Å². The van der Waals surface area contributed by atoms with Gasteiger partial charge in [0, 0.05) is 16.8 Å². The van der Waals surface area contributed by atoms with Gasteiger partial charge in [-0.3, -0.25) is 9.59 Å². The van der Waals surface area contributed by atoms with E-state index in [0.29, 0.717) is 32.1 Å². The minimum absolute atomic E-state index is 0.00802. The van der Waals surface area contributed by atoms with Gasteiger partial charge in [0.2, 0.25) is 5.91 Å². The molecule has 0 saturated heterocycles. The SMILES string of the molecule is CC(=O)NCc1ccc(C(=O)CSc2nc3c(Cl)cc(Cl)cc3[nH]2)s1. The molecule has 2 aromatic heterocycles. The van der Waals surface area contributed by atoms with Crippen LogP contribution in [0.3, 0.4) is 0 Å². The molecule has 0 spiro atoms. The maximum atomic E-state index is 12.3. The number of nitrogens with one attached hydrogen (secondary N) is 2. The van der Waals surface area contributed by atoms with Crippen molar-refractivity contribution < 1.29 is 9.59 Å². The third-order valence-corrected chi connectivity index (χ3v) is 5.78. The number of fused-ring (bicyclic) bond motifs is 1. The van der Waals surface area contributed by atoms with E-state index < -0.39 is 0 Å². The molecule has 0 radical (unpaired) electrons. The second kappa shape index (κ2) is 7.78. The molecule has 130 valence electrons. The van der Waals surface area contributed by atoms with E-state index in [9.17, 15) is 9.59 Å². The predicted octanol–water partition coefficient (Wildman–Crippen LogP) is 4.54. The number of rotatable bonds is 6. The minimum atomic E-state index is -0.0968. The van der Waals surface area contributed by atoms with Crippen molar-refractivity contribution in [2.24, 2.45) is 0 Å².